The lowest BCUT2D eigenvalue weighted by Crippen LogP contribution is -2.18. The molecule has 0 radical (unpaired) electrons. The minimum atomic E-state index is -0.152. The molecule has 0 rings (SSSR count). The number of nitrogens with one attached hydrogen (secondary N) is 1. The fraction of sp³-hybridized carbons (Fsp3) is 0.875. The van der Waals surface area contributed by atoms with Crippen LogP contribution in [0.3, 0.4) is 0 Å². The van der Waals surface area contributed by atoms with Crippen LogP contribution in [-0.2, 0) is 9.63 Å². The van der Waals surface area contributed by atoms with Crippen LogP contribution in [0.15, 0.2) is 0 Å². The average molecular weight is 159 g/mol. The molecule has 11 heavy (non-hydrogen) atoms. The molecule has 0 amide bonds. The fourth-order valence-electron chi connectivity index (χ4n) is 0.723. The van der Waals surface area contributed by atoms with Crippen LogP contribution in [0.4, 0.5) is 0 Å². The van der Waals surface area contributed by atoms with Gasteiger partial charge in [-0.25, -0.2) is 0 Å². The summed E-state index contributed by atoms with van der Waals surface area (Å²) in [6.45, 7) is 4.66. The molecule has 0 aliphatic carbocycles. The summed E-state index contributed by atoms with van der Waals surface area (Å²) >= 11 is 0. The van der Waals surface area contributed by atoms with Crippen molar-refractivity contribution in [2.45, 2.75) is 39.5 Å². The van der Waals surface area contributed by atoms with E-state index in [4.69, 9.17) is 0 Å². The van der Waals surface area contributed by atoms with E-state index in [-0.39, 0.29) is 5.97 Å². The lowest BCUT2D eigenvalue weighted by molar-refractivity contribution is -0.151. The van der Waals surface area contributed by atoms with Crippen LogP contribution in [0.1, 0.15) is 39.5 Å². The zero-order valence-electron chi connectivity index (χ0n) is 7.35. The van der Waals surface area contributed by atoms with Gasteiger partial charge in [0.2, 0.25) is 0 Å². The van der Waals surface area contributed by atoms with Gasteiger partial charge in [0.25, 0.3) is 0 Å². The first-order chi connectivity index (χ1) is 5.31. The van der Waals surface area contributed by atoms with E-state index in [1.165, 1.54) is 0 Å². The number of carbonyl (C=O) groups excluding carboxylic acids is 1. The highest BCUT2D eigenvalue weighted by atomic mass is 16.7. The van der Waals surface area contributed by atoms with E-state index in [2.05, 4.69) is 17.2 Å². The van der Waals surface area contributed by atoms with Crippen molar-refractivity contribution in [1.29, 1.82) is 0 Å². The Hall–Kier alpha value is -0.570. The van der Waals surface area contributed by atoms with Gasteiger partial charge in [0.1, 0.15) is 0 Å². The minimum Gasteiger partial charge on any atom is -0.371 e. The average Bonchev–Trinajstić information content (AvgIpc) is 2.01. The van der Waals surface area contributed by atoms with Gasteiger partial charge in [-0.05, 0) is 13.3 Å². The van der Waals surface area contributed by atoms with Gasteiger partial charge in [-0.1, -0.05) is 19.8 Å². The van der Waals surface area contributed by atoms with Gasteiger partial charge in [0.05, 0.1) is 0 Å². The Kier molecular flexibility index (Phi) is 7.15. The van der Waals surface area contributed by atoms with E-state index in [1.54, 1.807) is 0 Å². The van der Waals surface area contributed by atoms with Gasteiger partial charge < -0.3 is 4.84 Å². The summed E-state index contributed by atoms with van der Waals surface area (Å²) in [7, 11) is 0. The molecule has 0 aliphatic rings. The third kappa shape index (κ3) is 7.33. The largest absolute Gasteiger partial charge is 0.371 e. The standard InChI is InChI=1S/C8H17NO2/c1-3-5-6-7-8(10)11-9-4-2/h9H,3-7H2,1-2H3. The number of rotatable bonds is 6. The Labute approximate surface area is 68.1 Å². The number of hydroxylamine groups is 1. The highest BCUT2D eigenvalue weighted by Crippen LogP contribution is 1.99. The third-order valence-electron chi connectivity index (χ3n) is 1.31. The summed E-state index contributed by atoms with van der Waals surface area (Å²) in [6, 6.07) is 0. The van der Waals surface area contributed by atoms with Crippen LogP contribution in [0, 0.1) is 0 Å². The smallest absolute Gasteiger partial charge is 0.324 e. The second-order valence-corrected chi connectivity index (χ2v) is 2.43. The molecule has 66 valence electrons. The Morgan fingerprint density at radius 3 is 2.64 bits per heavy atom. The zero-order chi connectivity index (χ0) is 8.53. The SMILES string of the molecule is CCCCCC(=O)ONCC. The lowest BCUT2D eigenvalue weighted by atomic mass is 10.2. The molecule has 0 aromatic rings. The Balaban J connectivity index is 3.09. The lowest BCUT2D eigenvalue weighted by Gasteiger charge is -2.01. The van der Waals surface area contributed by atoms with Crippen LogP contribution in [-0.4, -0.2) is 12.5 Å². The monoisotopic (exact) mass is 159 g/mol. The first kappa shape index (κ1) is 10.4. The normalized spacial score (nSPS) is 9.64. The van der Waals surface area contributed by atoms with E-state index in [9.17, 15) is 4.79 Å². The number of hydrogen-bond acceptors (Lipinski definition) is 3. The van der Waals surface area contributed by atoms with Gasteiger partial charge in [0, 0.05) is 13.0 Å². The highest BCUT2D eigenvalue weighted by Gasteiger charge is 1.99. The topological polar surface area (TPSA) is 38.3 Å². The molecular formula is C8H17NO2. The van der Waals surface area contributed by atoms with Crippen LogP contribution >= 0.6 is 0 Å². The van der Waals surface area contributed by atoms with E-state index in [0.29, 0.717) is 13.0 Å². The molecule has 0 saturated carbocycles. The van der Waals surface area contributed by atoms with Gasteiger partial charge in [-0.15, -0.1) is 0 Å². The summed E-state index contributed by atoms with van der Waals surface area (Å²) < 4.78 is 0. The van der Waals surface area contributed by atoms with E-state index in [0.717, 1.165) is 19.3 Å². The van der Waals surface area contributed by atoms with Crippen molar-refractivity contribution in [2.75, 3.05) is 6.54 Å². The Morgan fingerprint density at radius 2 is 2.09 bits per heavy atom. The van der Waals surface area contributed by atoms with E-state index < -0.39 is 0 Å². The molecule has 0 aromatic heterocycles. The van der Waals surface area contributed by atoms with Crippen LogP contribution in [0.2, 0.25) is 0 Å². The van der Waals surface area contributed by atoms with E-state index in [1.807, 2.05) is 6.92 Å². The van der Waals surface area contributed by atoms with Crippen molar-refractivity contribution in [3.8, 4) is 0 Å². The van der Waals surface area contributed by atoms with Crippen molar-refractivity contribution in [3.63, 3.8) is 0 Å². The van der Waals surface area contributed by atoms with Gasteiger partial charge in [0.15, 0.2) is 0 Å². The molecule has 0 aliphatic heterocycles. The summed E-state index contributed by atoms with van der Waals surface area (Å²) in [4.78, 5) is 15.4. The molecule has 0 aromatic carbocycles. The summed E-state index contributed by atoms with van der Waals surface area (Å²) in [5.74, 6) is -0.152. The molecule has 3 nitrogen and oxygen atoms in total. The van der Waals surface area contributed by atoms with Gasteiger partial charge in [-0.2, -0.15) is 5.48 Å². The quantitative estimate of drug-likeness (QED) is 0.473. The number of hydrogen-bond donors (Lipinski definition) is 1. The van der Waals surface area contributed by atoms with Crippen LogP contribution in [0.5, 0.6) is 0 Å². The Morgan fingerprint density at radius 1 is 1.36 bits per heavy atom. The van der Waals surface area contributed by atoms with Crippen molar-refractivity contribution in [3.05, 3.63) is 0 Å². The molecular weight excluding hydrogens is 142 g/mol. The molecule has 3 heteroatoms. The highest BCUT2D eigenvalue weighted by molar-refractivity contribution is 5.68. The molecule has 0 spiro atoms. The van der Waals surface area contributed by atoms with Crippen molar-refractivity contribution < 1.29 is 9.63 Å². The summed E-state index contributed by atoms with van der Waals surface area (Å²) in [5.41, 5.74) is 2.53. The molecule has 0 atom stereocenters. The van der Waals surface area contributed by atoms with Gasteiger partial charge >= 0.3 is 5.97 Å². The predicted molar refractivity (Wildman–Crippen MR) is 43.9 cm³/mol. The van der Waals surface area contributed by atoms with Crippen molar-refractivity contribution >= 4 is 5.97 Å². The number of carbonyl (C=O) groups is 1. The molecule has 0 bridgehead atoms. The van der Waals surface area contributed by atoms with Crippen LogP contribution in [0.25, 0.3) is 0 Å². The van der Waals surface area contributed by atoms with E-state index >= 15 is 0 Å². The minimum absolute atomic E-state index is 0.152. The van der Waals surface area contributed by atoms with Crippen LogP contribution < -0.4 is 5.48 Å². The predicted octanol–water partition coefficient (Wildman–Crippen LogP) is 1.63. The molecule has 1 N–H and O–H groups in total. The molecule has 0 heterocycles. The Bertz CT molecular complexity index is 104. The number of unbranched alkanes of at least 4 members (excludes halogenated alkanes) is 2. The molecule has 0 saturated heterocycles. The fourth-order valence-corrected chi connectivity index (χ4v) is 0.723. The summed E-state index contributed by atoms with van der Waals surface area (Å²) in [6.07, 6.45) is 3.69. The van der Waals surface area contributed by atoms with Crippen molar-refractivity contribution in [1.82, 2.24) is 5.48 Å². The first-order valence-electron chi connectivity index (χ1n) is 4.23. The maximum absolute atomic E-state index is 10.8. The maximum Gasteiger partial charge on any atom is 0.324 e. The second kappa shape index (κ2) is 7.54. The first-order valence-corrected chi connectivity index (χ1v) is 4.23. The molecule has 0 fully saturated rings. The maximum atomic E-state index is 10.8. The second-order valence-electron chi connectivity index (χ2n) is 2.43. The van der Waals surface area contributed by atoms with Crippen molar-refractivity contribution in [2.24, 2.45) is 0 Å². The summed E-state index contributed by atoms with van der Waals surface area (Å²) in [5, 5.41) is 0. The zero-order valence-corrected chi connectivity index (χ0v) is 7.35. The van der Waals surface area contributed by atoms with Gasteiger partial charge in [-0.3, -0.25) is 4.79 Å². The molecule has 0 unspecified atom stereocenters. The third-order valence-corrected chi connectivity index (χ3v) is 1.31.